The van der Waals surface area contributed by atoms with Crippen molar-refractivity contribution in [1.82, 2.24) is 4.98 Å². The highest BCUT2D eigenvalue weighted by Crippen LogP contribution is 2.31. The van der Waals surface area contributed by atoms with Crippen LogP contribution in [0.2, 0.25) is 0 Å². The van der Waals surface area contributed by atoms with Crippen molar-refractivity contribution in [1.29, 1.82) is 0 Å². The number of nitrogens with one attached hydrogen (secondary N) is 1. The number of aromatic nitrogens is 1. The molecule has 1 heterocycles. The molecule has 0 saturated heterocycles. The van der Waals surface area contributed by atoms with Gasteiger partial charge in [0.2, 0.25) is 5.95 Å². The Morgan fingerprint density at radius 1 is 1.11 bits per heavy atom. The fourth-order valence-corrected chi connectivity index (χ4v) is 1.42. The Bertz CT molecular complexity index is 572. The van der Waals surface area contributed by atoms with Crippen molar-refractivity contribution in [2.45, 2.75) is 6.36 Å². The molecule has 0 aliphatic rings. The van der Waals surface area contributed by atoms with E-state index in [-0.39, 0.29) is 11.4 Å². The molecule has 0 spiro atoms. The number of rotatable bonds is 3. The first-order valence-corrected chi connectivity index (χ1v) is 5.17. The molecule has 2 aromatic rings. The summed E-state index contributed by atoms with van der Waals surface area (Å²) in [6.45, 7) is 0. The third-order valence-electron chi connectivity index (χ3n) is 2.12. The number of para-hydroxylation sites is 2. The van der Waals surface area contributed by atoms with Gasteiger partial charge in [-0.05, 0) is 18.2 Å². The van der Waals surface area contributed by atoms with Gasteiger partial charge in [-0.15, -0.1) is 13.2 Å². The third-order valence-corrected chi connectivity index (χ3v) is 2.12. The number of hydrogen-bond acceptors (Lipinski definition) is 3. The maximum Gasteiger partial charge on any atom is 0.573 e. The molecule has 2 rings (SSSR count). The van der Waals surface area contributed by atoms with Crippen molar-refractivity contribution < 1.29 is 22.3 Å². The van der Waals surface area contributed by atoms with E-state index < -0.39 is 18.1 Å². The third kappa shape index (κ3) is 3.84. The van der Waals surface area contributed by atoms with Crippen LogP contribution >= 0.6 is 0 Å². The van der Waals surface area contributed by atoms with Crippen LogP contribution in [0, 0.1) is 5.95 Å². The second-order valence-corrected chi connectivity index (χ2v) is 3.54. The topological polar surface area (TPSA) is 34.1 Å². The zero-order chi connectivity index (χ0) is 13.9. The Balaban J connectivity index is 2.25. The van der Waals surface area contributed by atoms with Crippen LogP contribution in [0.5, 0.6) is 5.75 Å². The lowest BCUT2D eigenvalue weighted by Crippen LogP contribution is -2.17. The Morgan fingerprint density at radius 3 is 2.53 bits per heavy atom. The van der Waals surface area contributed by atoms with Gasteiger partial charge in [-0.1, -0.05) is 12.1 Å². The van der Waals surface area contributed by atoms with Crippen molar-refractivity contribution in [3.8, 4) is 5.75 Å². The highest BCUT2D eigenvalue weighted by atomic mass is 19.4. The van der Waals surface area contributed by atoms with Gasteiger partial charge in [-0.25, -0.2) is 4.98 Å². The molecule has 0 bridgehead atoms. The van der Waals surface area contributed by atoms with Crippen LogP contribution in [-0.2, 0) is 0 Å². The van der Waals surface area contributed by atoms with Gasteiger partial charge in [-0.3, -0.25) is 0 Å². The predicted molar refractivity (Wildman–Crippen MR) is 60.6 cm³/mol. The van der Waals surface area contributed by atoms with Crippen molar-refractivity contribution in [3.05, 3.63) is 48.5 Å². The summed E-state index contributed by atoms with van der Waals surface area (Å²) in [4.78, 5) is 3.35. The monoisotopic (exact) mass is 272 g/mol. The average Bonchev–Trinajstić information content (AvgIpc) is 2.30. The standard InChI is InChI=1S/C12H8F4N2O/c13-11-7-8(5-6-17-11)18-9-3-1-2-4-10(9)19-12(14,15)16/h1-7H,(H,17,18). The Labute approximate surface area is 105 Å². The summed E-state index contributed by atoms with van der Waals surface area (Å²) in [6, 6.07) is 7.97. The largest absolute Gasteiger partial charge is 0.573 e. The summed E-state index contributed by atoms with van der Waals surface area (Å²) in [6.07, 6.45) is -3.59. The second-order valence-electron chi connectivity index (χ2n) is 3.54. The number of nitrogens with zero attached hydrogens (tertiary/aromatic N) is 1. The first-order chi connectivity index (χ1) is 8.94. The maximum atomic E-state index is 12.9. The number of anilines is 2. The molecule has 19 heavy (non-hydrogen) atoms. The fraction of sp³-hybridized carbons (Fsp3) is 0.0833. The summed E-state index contributed by atoms with van der Waals surface area (Å²) < 4.78 is 53.4. The highest BCUT2D eigenvalue weighted by molar-refractivity contribution is 5.65. The van der Waals surface area contributed by atoms with Gasteiger partial charge < -0.3 is 10.1 Å². The Hall–Kier alpha value is -2.31. The minimum Gasteiger partial charge on any atom is -0.404 e. The molecular weight excluding hydrogens is 264 g/mol. The van der Waals surface area contributed by atoms with E-state index in [9.17, 15) is 17.6 Å². The minimum absolute atomic E-state index is 0.0745. The van der Waals surface area contributed by atoms with Crippen LogP contribution in [0.15, 0.2) is 42.6 Å². The molecule has 3 nitrogen and oxygen atoms in total. The minimum atomic E-state index is -4.79. The second kappa shape index (κ2) is 5.13. The normalized spacial score (nSPS) is 11.2. The van der Waals surface area contributed by atoms with Crippen molar-refractivity contribution >= 4 is 11.4 Å². The zero-order valence-corrected chi connectivity index (χ0v) is 9.41. The number of halogens is 4. The molecule has 0 aliphatic carbocycles. The summed E-state index contributed by atoms with van der Waals surface area (Å²) in [5, 5.41) is 2.63. The van der Waals surface area contributed by atoms with Gasteiger partial charge in [-0.2, -0.15) is 4.39 Å². The number of ether oxygens (including phenoxy) is 1. The van der Waals surface area contributed by atoms with Gasteiger partial charge in [0.05, 0.1) is 5.69 Å². The van der Waals surface area contributed by atoms with E-state index in [1.165, 1.54) is 30.5 Å². The summed E-state index contributed by atoms with van der Waals surface area (Å²) in [5.74, 6) is -1.13. The Morgan fingerprint density at radius 2 is 1.84 bits per heavy atom. The molecule has 0 fully saturated rings. The smallest absolute Gasteiger partial charge is 0.404 e. The number of hydrogen-bond donors (Lipinski definition) is 1. The molecule has 0 unspecified atom stereocenters. The van der Waals surface area contributed by atoms with E-state index in [1.807, 2.05) is 0 Å². The van der Waals surface area contributed by atoms with Crippen LogP contribution in [0.1, 0.15) is 0 Å². The van der Waals surface area contributed by atoms with E-state index in [2.05, 4.69) is 15.0 Å². The Kier molecular flexibility index (Phi) is 3.55. The fourth-order valence-electron chi connectivity index (χ4n) is 1.42. The van der Waals surface area contributed by atoms with Crippen molar-refractivity contribution in [2.24, 2.45) is 0 Å². The lowest BCUT2D eigenvalue weighted by Gasteiger charge is -2.14. The number of pyridine rings is 1. The van der Waals surface area contributed by atoms with Gasteiger partial charge >= 0.3 is 6.36 Å². The van der Waals surface area contributed by atoms with E-state index in [0.29, 0.717) is 0 Å². The van der Waals surface area contributed by atoms with Crippen LogP contribution in [-0.4, -0.2) is 11.3 Å². The number of benzene rings is 1. The van der Waals surface area contributed by atoms with Crippen molar-refractivity contribution in [3.63, 3.8) is 0 Å². The lowest BCUT2D eigenvalue weighted by molar-refractivity contribution is -0.274. The van der Waals surface area contributed by atoms with Crippen LogP contribution in [0.4, 0.5) is 28.9 Å². The van der Waals surface area contributed by atoms with Gasteiger partial charge in [0.25, 0.3) is 0 Å². The molecule has 1 N–H and O–H groups in total. The average molecular weight is 272 g/mol. The molecular formula is C12H8F4N2O. The zero-order valence-electron chi connectivity index (χ0n) is 9.41. The SMILES string of the molecule is Fc1cc(Nc2ccccc2OC(F)(F)F)ccn1. The molecule has 0 amide bonds. The van der Waals surface area contributed by atoms with Crippen LogP contribution in [0.25, 0.3) is 0 Å². The summed E-state index contributed by atoms with van der Waals surface area (Å²) >= 11 is 0. The summed E-state index contributed by atoms with van der Waals surface area (Å²) in [5.41, 5.74) is 0.344. The first kappa shape index (κ1) is 13.1. The van der Waals surface area contributed by atoms with E-state index in [1.54, 1.807) is 0 Å². The molecule has 100 valence electrons. The molecule has 0 atom stereocenters. The van der Waals surface area contributed by atoms with E-state index in [0.717, 1.165) is 12.1 Å². The quantitative estimate of drug-likeness (QED) is 0.680. The van der Waals surface area contributed by atoms with E-state index in [4.69, 9.17) is 0 Å². The number of alkyl halides is 3. The van der Waals surface area contributed by atoms with Gasteiger partial charge in [0.1, 0.15) is 0 Å². The molecule has 1 aromatic carbocycles. The van der Waals surface area contributed by atoms with E-state index >= 15 is 0 Å². The molecule has 0 radical (unpaired) electrons. The van der Waals surface area contributed by atoms with Crippen molar-refractivity contribution in [2.75, 3.05) is 5.32 Å². The molecule has 0 saturated carbocycles. The highest BCUT2D eigenvalue weighted by Gasteiger charge is 2.32. The lowest BCUT2D eigenvalue weighted by atomic mass is 10.2. The first-order valence-electron chi connectivity index (χ1n) is 5.17. The van der Waals surface area contributed by atoms with Gasteiger partial charge in [0, 0.05) is 18.0 Å². The maximum absolute atomic E-state index is 12.9. The van der Waals surface area contributed by atoms with Crippen LogP contribution < -0.4 is 10.1 Å². The molecule has 7 heteroatoms. The molecule has 1 aromatic heterocycles. The van der Waals surface area contributed by atoms with Gasteiger partial charge in [0.15, 0.2) is 5.75 Å². The van der Waals surface area contributed by atoms with Crippen LogP contribution in [0.3, 0.4) is 0 Å². The molecule has 0 aliphatic heterocycles. The summed E-state index contributed by atoms with van der Waals surface area (Å²) in [7, 11) is 0. The predicted octanol–water partition coefficient (Wildman–Crippen LogP) is 3.86.